The number of carbonyl (C=O) groups excluding carboxylic acids is 2. The topological polar surface area (TPSA) is 87.2 Å². The number of unbranched alkanes of at least 4 members (excludes halogenated alkanes) is 4. The summed E-state index contributed by atoms with van der Waals surface area (Å²) in [6.45, 7) is 14.1. The second-order valence-corrected chi connectivity index (χ2v) is 11.8. The van der Waals surface area contributed by atoms with Crippen LogP contribution in [0.2, 0.25) is 0 Å². The predicted molar refractivity (Wildman–Crippen MR) is 159 cm³/mol. The molecule has 1 fully saturated rings. The van der Waals surface area contributed by atoms with E-state index in [9.17, 15) is 14.4 Å². The molecule has 1 aliphatic rings. The van der Waals surface area contributed by atoms with Crippen molar-refractivity contribution in [3.63, 3.8) is 0 Å². The molecule has 0 bridgehead atoms. The standard InChI is InChI=1S/C32H60N2O5/c1-6-31(7-2,20-12-11-19-29(36)37)22-14-17-25-39-26-18-15-23-32(8-3,9-4)21-13-16-24-34-28(35)27-33(10-5)30(34)38/h6-27H2,1-5H3,(H,36,37). The number of amides is 3. The molecule has 1 rings (SSSR count). The van der Waals surface area contributed by atoms with E-state index < -0.39 is 5.97 Å². The molecule has 0 saturated carbocycles. The molecule has 0 unspecified atom stereocenters. The van der Waals surface area contributed by atoms with E-state index in [1.165, 1.54) is 56.3 Å². The van der Waals surface area contributed by atoms with Gasteiger partial charge in [0, 0.05) is 32.7 Å². The molecule has 228 valence electrons. The lowest BCUT2D eigenvalue weighted by molar-refractivity contribution is -0.137. The van der Waals surface area contributed by atoms with Gasteiger partial charge in [0.2, 0.25) is 5.91 Å². The number of likely N-dealkylation sites (N-methyl/N-ethyl adjacent to an activating group) is 1. The first-order chi connectivity index (χ1) is 18.7. The minimum absolute atomic E-state index is 0.0536. The summed E-state index contributed by atoms with van der Waals surface area (Å²) in [5.74, 6) is -0.739. The van der Waals surface area contributed by atoms with Crippen molar-refractivity contribution < 1.29 is 24.2 Å². The first kappa shape index (κ1) is 35.4. The molecule has 0 aliphatic carbocycles. The number of urea groups is 1. The lowest BCUT2D eigenvalue weighted by Gasteiger charge is -2.32. The molecule has 0 atom stereocenters. The van der Waals surface area contributed by atoms with Crippen LogP contribution in [0.5, 0.6) is 0 Å². The van der Waals surface area contributed by atoms with E-state index in [2.05, 4.69) is 27.7 Å². The average molecular weight is 553 g/mol. The third-order valence-electron chi connectivity index (χ3n) is 9.69. The third-order valence-corrected chi connectivity index (χ3v) is 9.69. The van der Waals surface area contributed by atoms with Gasteiger partial charge in [0.25, 0.3) is 0 Å². The highest BCUT2D eigenvalue weighted by Crippen LogP contribution is 2.39. The molecule has 7 heteroatoms. The van der Waals surface area contributed by atoms with Crippen LogP contribution in [0.15, 0.2) is 0 Å². The lowest BCUT2D eigenvalue weighted by Crippen LogP contribution is -2.33. The molecule has 0 aromatic rings. The number of aliphatic carboxylic acids is 1. The zero-order chi connectivity index (χ0) is 29.2. The maximum atomic E-state index is 12.3. The Morgan fingerprint density at radius 1 is 0.744 bits per heavy atom. The van der Waals surface area contributed by atoms with Crippen LogP contribution in [-0.4, -0.2) is 65.7 Å². The Morgan fingerprint density at radius 3 is 1.62 bits per heavy atom. The van der Waals surface area contributed by atoms with Crippen LogP contribution in [-0.2, 0) is 14.3 Å². The van der Waals surface area contributed by atoms with Crippen LogP contribution < -0.4 is 0 Å². The van der Waals surface area contributed by atoms with Crippen LogP contribution in [0.4, 0.5) is 4.79 Å². The summed E-state index contributed by atoms with van der Waals surface area (Å²) in [6, 6.07) is -0.122. The third kappa shape index (κ3) is 12.6. The first-order valence-electron chi connectivity index (χ1n) is 16.1. The second kappa shape index (κ2) is 19.4. The van der Waals surface area contributed by atoms with Crippen molar-refractivity contribution >= 4 is 17.9 Å². The van der Waals surface area contributed by atoms with Gasteiger partial charge in [-0.2, -0.15) is 0 Å². The van der Waals surface area contributed by atoms with Gasteiger partial charge in [0.1, 0.15) is 6.54 Å². The minimum Gasteiger partial charge on any atom is -0.481 e. The summed E-state index contributed by atoms with van der Waals surface area (Å²) in [5, 5.41) is 8.87. The van der Waals surface area contributed by atoms with E-state index in [0.717, 1.165) is 64.6 Å². The van der Waals surface area contributed by atoms with Gasteiger partial charge in [-0.3, -0.25) is 14.5 Å². The van der Waals surface area contributed by atoms with Gasteiger partial charge in [0.15, 0.2) is 0 Å². The lowest BCUT2D eigenvalue weighted by atomic mass is 9.74. The number of rotatable bonds is 25. The van der Waals surface area contributed by atoms with Gasteiger partial charge in [-0.1, -0.05) is 79.1 Å². The van der Waals surface area contributed by atoms with Crippen molar-refractivity contribution in [1.82, 2.24) is 9.80 Å². The quantitative estimate of drug-likeness (QED) is 0.0914. The highest BCUT2D eigenvalue weighted by molar-refractivity contribution is 6.01. The van der Waals surface area contributed by atoms with E-state index in [1.54, 1.807) is 4.90 Å². The number of hydrogen-bond acceptors (Lipinski definition) is 4. The molecule has 0 radical (unpaired) electrons. The van der Waals surface area contributed by atoms with Crippen LogP contribution in [0.1, 0.15) is 144 Å². The van der Waals surface area contributed by atoms with Gasteiger partial charge in [-0.05, 0) is 69.1 Å². The van der Waals surface area contributed by atoms with Crippen LogP contribution in [0, 0.1) is 10.8 Å². The van der Waals surface area contributed by atoms with E-state index in [-0.39, 0.29) is 24.9 Å². The Bertz CT molecular complexity index is 703. The Kier molecular flexibility index (Phi) is 17.7. The highest BCUT2D eigenvalue weighted by Gasteiger charge is 2.34. The molecule has 0 aromatic heterocycles. The summed E-state index contributed by atoms with van der Waals surface area (Å²) < 4.78 is 5.98. The van der Waals surface area contributed by atoms with Crippen molar-refractivity contribution in [1.29, 1.82) is 0 Å². The van der Waals surface area contributed by atoms with E-state index in [1.807, 2.05) is 6.92 Å². The van der Waals surface area contributed by atoms with Gasteiger partial charge in [-0.25, -0.2) is 4.79 Å². The molecular weight excluding hydrogens is 492 g/mol. The SMILES string of the molecule is CCN1CC(=O)N(CCCCC(CC)(CC)CCCCOCCCCC(CC)(CC)CCCCC(=O)O)C1=O. The number of ether oxygens (including phenoxy) is 1. The molecule has 3 amide bonds. The normalized spacial score (nSPS) is 14.6. The summed E-state index contributed by atoms with van der Waals surface area (Å²) in [7, 11) is 0. The summed E-state index contributed by atoms with van der Waals surface area (Å²) in [5.41, 5.74) is 0.708. The van der Waals surface area contributed by atoms with Crippen molar-refractivity contribution in [2.24, 2.45) is 10.8 Å². The fraction of sp³-hybridized carbons (Fsp3) is 0.906. The number of carbonyl (C=O) groups is 3. The number of carboxylic acids is 1. The van der Waals surface area contributed by atoms with Crippen molar-refractivity contribution in [3.05, 3.63) is 0 Å². The Balaban J connectivity index is 2.21. The summed E-state index contributed by atoms with van der Waals surface area (Å²) >= 11 is 0. The molecule has 1 aliphatic heterocycles. The maximum absolute atomic E-state index is 12.3. The zero-order valence-electron chi connectivity index (χ0n) is 26.0. The number of hydrogen-bond donors (Lipinski definition) is 1. The minimum atomic E-state index is -0.685. The molecule has 39 heavy (non-hydrogen) atoms. The van der Waals surface area contributed by atoms with Gasteiger partial charge < -0.3 is 14.7 Å². The van der Waals surface area contributed by atoms with Crippen LogP contribution >= 0.6 is 0 Å². The Morgan fingerprint density at radius 2 is 1.21 bits per heavy atom. The monoisotopic (exact) mass is 552 g/mol. The predicted octanol–water partition coefficient (Wildman–Crippen LogP) is 8.06. The van der Waals surface area contributed by atoms with Gasteiger partial charge >= 0.3 is 12.0 Å². The smallest absolute Gasteiger partial charge is 0.327 e. The molecular formula is C32H60N2O5. The molecule has 1 N–H and O–H groups in total. The zero-order valence-corrected chi connectivity index (χ0v) is 26.0. The molecule has 1 saturated heterocycles. The second-order valence-electron chi connectivity index (χ2n) is 11.8. The molecule has 0 spiro atoms. The van der Waals surface area contributed by atoms with Crippen molar-refractivity contribution in [3.8, 4) is 0 Å². The number of carboxylic acid groups (broad SMARTS) is 1. The number of nitrogens with zero attached hydrogens (tertiary/aromatic N) is 2. The Labute approximate surface area is 239 Å². The first-order valence-corrected chi connectivity index (χ1v) is 16.1. The van der Waals surface area contributed by atoms with Crippen molar-refractivity contribution in [2.45, 2.75) is 144 Å². The highest BCUT2D eigenvalue weighted by atomic mass is 16.5. The fourth-order valence-electron chi connectivity index (χ4n) is 6.28. The van der Waals surface area contributed by atoms with Gasteiger partial charge in [-0.15, -0.1) is 0 Å². The largest absolute Gasteiger partial charge is 0.481 e. The molecule has 1 heterocycles. The van der Waals surface area contributed by atoms with Crippen molar-refractivity contribution in [2.75, 3.05) is 32.8 Å². The fourth-order valence-corrected chi connectivity index (χ4v) is 6.28. The summed E-state index contributed by atoms with van der Waals surface area (Å²) in [6.07, 6.45) is 18.0. The van der Waals surface area contributed by atoms with E-state index >= 15 is 0 Å². The Hall–Kier alpha value is -1.63. The van der Waals surface area contributed by atoms with Gasteiger partial charge in [0.05, 0.1) is 0 Å². The number of imide groups is 1. The molecule has 7 nitrogen and oxygen atoms in total. The van der Waals surface area contributed by atoms with E-state index in [0.29, 0.717) is 23.9 Å². The summed E-state index contributed by atoms with van der Waals surface area (Å²) in [4.78, 5) is 38.2. The average Bonchev–Trinajstić information content (AvgIpc) is 3.22. The van der Waals surface area contributed by atoms with Crippen LogP contribution in [0.25, 0.3) is 0 Å². The molecule has 0 aromatic carbocycles. The van der Waals surface area contributed by atoms with E-state index in [4.69, 9.17) is 9.84 Å². The van der Waals surface area contributed by atoms with Crippen LogP contribution in [0.3, 0.4) is 0 Å². The maximum Gasteiger partial charge on any atom is 0.327 e.